The fourth-order valence-corrected chi connectivity index (χ4v) is 3.49. The van der Waals surface area contributed by atoms with Crippen molar-refractivity contribution in [2.24, 2.45) is 5.92 Å². The molecule has 0 saturated carbocycles. The number of carbonyl (C=O) groups excluding carboxylic acids is 1. The van der Waals surface area contributed by atoms with Crippen molar-refractivity contribution in [1.29, 1.82) is 0 Å². The second-order valence-corrected chi connectivity index (χ2v) is 6.74. The van der Waals surface area contributed by atoms with Crippen molar-refractivity contribution < 1.29 is 9.53 Å². The molecule has 1 aliphatic heterocycles. The minimum atomic E-state index is 0.125. The standard InChI is InChI=1S/C11H17N3O2S2/c1-8-13-14-11(18-8)17-5-3-12-10(15)6-9-2-4-16-7-9/h9H,2-7H2,1H3,(H,12,15)/t9-/m0/s1. The fourth-order valence-electron chi connectivity index (χ4n) is 1.74. The maximum atomic E-state index is 11.6. The minimum absolute atomic E-state index is 0.125. The summed E-state index contributed by atoms with van der Waals surface area (Å²) in [4.78, 5) is 11.6. The summed E-state index contributed by atoms with van der Waals surface area (Å²) in [5, 5.41) is 11.9. The molecule has 7 heteroatoms. The van der Waals surface area contributed by atoms with Crippen LogP contribution in [0.3, 0.4) is 0 Å². The van der Waals surface area contributed by atoms with Crippen molar-refractivity contribution in [2.45, 2.75) is 24.1 Å². The highest BCUT2D eigenvalue weighted by atomic mass is 32.2. The van der Waals surface area contributed by atoms with E-state index in [1.54, 1.807) is 23.1 Å². The highest BCUT2D eigenvalue weighted by Gasteiger charge is 2.18. The summed E-state index contributed by atoms with van der Waals surface area (Å²) < 4.78 is 6.21. The van der Waals surface area contributed by atoms with Crippen molar-refractivity contribution >= 4 is 29.0 Å². The van der Waals surface area contributed by atoms with Gasteiger partial charge in [0.25, 0.3) is 0 Å². The average molecular weight is 287 g/mol. The van der Waals surface area contributed by atoms with E-state index >= 15 is 0 Å². The summed E-state index contributed by atoms with van der Waals surface area (Å²) in [5.41, 5.74) is 0. The van der Waals surface area contributed by atoms with Gasteiger partial charge in [0.2, 0.25) is 5.91 Å². The SMILES string of the molecule is Cc1nnc(SCCNC(=O)C[C@@H]2CCOC2)s1. The first-order valence-electron chi connectivity index (χ1n) is 6.01. The summed E-state index contributed by atoms with van der Waals surface area (Å²) in [7, 11) is 0. The van der Waals surface area contributed by atoms with E-state index in [0.29, 0.717) is 18.9 Å². The van der Waals surface area contributed by atoms with Crippen LogP contribution in [0.1, 0.15) is 17.8 Å². The monoisotopic (exact) mass is 287 g/mol. The normalized spacial score (nSPS) is 19.1. The lowest BCUT2D eigenvalue weighted by Crippen LogP contribution is -2.27. The van der Waals surface area contributed by atoms with Gasteiger partial charge in [-0.25, -0.2) is 0 Å². The van der Waals surface area contributed by atoms with Crippen LogP contribution in [0.4, 0.5) is 0 Å². The Labute approximate surface area is 115 Å². The smallest absolute Gasteiger partial charge is 0.220 e. The highest BCUT2D eigenvalue weighted by molar-refractivity contribution is 8.01. The van der Waals surface area contributed by atoms with Gasteiger partial charge in [0.05, 0.1) is 0 Å². The first-order valence-corrected chi connectivity index (χ1v) is 7.81. The van der Waals surface area contributed by atoms with Crippen LogP contribution in [0.25, 0.3) is 0 Å². The van der Waals surface area contributed by atoms with Crippen molar-refractivity contribution in [3.63, 3.8) is 0 Å². The number of aryl methyl sites for hydroxylation is 1. The predicted octanol–water partition coefficient (Wildman–Crippen LogP) is 1.48. The number of rotatable bonds is 6. The van der Waals surface area contributed by atoms with Gasteiger partial charge in [-0.15, -0.1) is 10.2 Å². The number of aromatic nitrogens is 2. The van der Waals surface area contributed by atoms with Gasteiger partial charge in [-0.05, 0) is 19.3 Å². The molecule has 0 spiro atoms. The van der Waals surface area contributed by atoms with E-state index < -0.39 is 0 Å². The van der Waals surface area contributed by atoms with Gasteiger partial charge in [0.15, 0.2) is 4.34 Å². The third kappa shape index (κ3) is 4.55. The van der Waals surface area contributed by atoms with Gasteiger partial charge in [-0.1, -0.05) is 23.1 Å². The van der Waals surface area contributed by atoms with Crippen molar-refractivity contribution in [2.75, 3.05) is 25.5 Å². The summed E-state index contributed by atoms with van der Waals surface area (Å²) in [6, 6.07) is 0. The largest absolute Gasteiger partial charge is 0.381 e. The molecule has 1 amide bonds. The molecule has 5 nitrogen and oxygen atoms in total. The number of carbonyl (C=O) groups is 1. The van der Waals surface area contributed by atoms with E-state index in [2.05, 4.69) is 15.5 Å². The zero-order valence-corrected chi connectivity index (χ0v) is 12.0. The van der Waals surface area contributed by atoms with Crippen LogP contribution in [-0.4, -0.2) is 41.6 Å². The molecule has 1 saturated heterocycles. The molecule has 1 fully saturated rings. The third-order valence-electron chi connectivity index (χ3n) is 2.66. The molecule has 1 aromatic heterocycles. The van der Waals surface area contributed by atoms with Crippen LogP contribution in [-0.2, 0) is 9.53 Å². The van der Waals surface area contributed by atoms with Gasteiger partial charge >= 0.3 is 0 Å². The molecule has 1 aromatic rings. The van der Waals surface area contributed by atoms with Crippen LogP contribution in [0, 0.1) is 12.8 Å². The van der Waals surface area contributed by atoms with Gasteiger partial charge < -0.3 is 10.1 Å². The molecular weight excluding hydrogens is 270 g/mol. The molecule has 1 aliphatic rings. The van der Waals surface area contributed by atoms with Gasteiger partial charge in [0.1, 0.15) is 5.01 Å². The number of nitrogens with one attached hydrogen (secondary N) is 1. The second kappa shape index (κ2) is 7.06. The lowest BCUT2D eigenvalue weighted by molar-refractivity contribution is -0.121. The molecule has 18 heavy (non-hydrogen) atoms. The van der Waals surface area contributed by atoms with E-state index in [9.17, 15) is 4.79 Å². The first-order chi connectivity index (χ1) is 8.74. The van der Waals surface area contributed by atoms with Crippen LogP contribution in [0.5, 0.6) is 0 Å². The molecule has 1 atom stereocenters. The quantitative estimate of drug-likeness (QED) is 0.634. The topological polar surface area (TPSA) is 64.1 Å². The van der Waals surface area contributed by atoms with Crippen molar-refractivity contribution in [1.82, 2.24) is 15.5 Å². The number of nitrogens with zero attached hydrogens (tertiary/aromatic N) is 2. The zero-order chi connectivity index (χ0) is 12.8. The Bertz CT molecular complexity index is 391. The van der Waals surface area contributed by atoms with Crippen LogP contribution < -0.4 is 5.32 Å². The van der Waals surface area contributed by atoms with E-state index in [0.717, 1.165) is 34.7 Å². The molecule has 2 rings (SSSR count). The lowest BCUT2D eigenvalue weighted by atomic mass is 10.1. The molecule has 1 N–H and O–H groups in total. The van der Waals surface area contributed by atoms with Crippen molar-refractivity contribution in [3.8, 4) is 0 Å². The Morgan fingerprint density at radius 3 is 3.17 bits per heavy atom. The van der Waals surface area contributed by atoms with Crippen LogP contribution in [0.15, 0.2) is 4.34 Å². The Balaban J connectivity index is 1.56. The lowest BCUT2D eigenvalue weighted by Gasteiger charge is -2.07. The van der Waals surface area contributed by atoms with E-state index in [4.69, 9.17) is 4.74 Å². The van der Waals surface area contributed by atoms with Gasteiger partial charge in [0, 0.05) is 31.9 Å². The number of hydrogen-bond donors (Lipinski definition) is 1. The van der Waals surface area contributed by atoms with Crippen LogP contribution >= 0.6 is 23.1 Å². The Morgan fingerprint density at radius 1 is 1.61 bits per heavy atom. The van der Waals surface area contributed by atoms with E-state index in [-0.39, 0.29) is 5.91 Å². The number of thioether (sulfide) groups is 1. The number of hydrogen-bond acceptors (Lipinski definition) is 6. The molecule has 100 valence electrons. The van der Waals surface area contributed by atoms with Crippen LogP contribution in [0.2, 0.25) is 0 Å². The molecule has 0 unspecified atom stereocenters. The maximum absolute atomic E-state index is 11.6. The molecule has 0 radical (unpaired) electrons. The molecule has 0 aromatic carbocycles. The third-order valence-corrected chi connectivity index (χ3v) is 4.63. The number of amides is 1. The molecule has 0 aliphatic carbocycles. The number of ether oxygens (including phenoxy) is 1. The van der Waals surface area contributed by atoms with E-state index in [1.807, 2.05) is 6.92 Å². The summed E-state index contributed by atoms with van der Waals surface area (Å²) in [6.45, 7) is 4.14. The second-order valence-electron chi connectivity index (χ2n) is 4.22. The predicted molar refractivity (Wildman–Crippen MR) is 71.9 cm³/mol. The molecule has 2 heterocycles. The fraction of sp³-hybridized carbons (Fsp3) is 0.727. The van der Waals surface area contributed by atoms with E-state index in [1.165, 1.54) is 0 Å². The van der Waals surface area contributed by atoms with Crippen molar-refractivity contribution in [3.05, 3.63) is 5.01 Å². The summed E-state index contributed by atoms with van der Waals surface area (Å²) in [5.74, 6) is 1.37. The Hall–Kier alpha value is -0.660. The Morgan fingerprint density at radius 2 is 2.50 bits per heavy atom. The Kier molecular flexibility index (Phi) is 5.40. The molecular formula is C11H17N3O2S2. The molecule has 0 bridgehead atoms. The zero-order valence-electron chi connectivity index (χ0n) is 10.3. The van der Waals surface area contributed by atoms with Gasteiger partial charge in [-0.3, -0.25) is 4.79 Å². The first kappa shape index (κ1) is 13.8. The summed E-state index contributed by atoms with van der Waals surface area (Å²) >= 11 is 3.22. The maximum Gasteiger partial charge on any atom is 0.220 e. The minimum Gasteiger partial charge on any atom is -0.381 e. The highest BCUT2D eigenvalue weighted by Crippen LogP contribution is 2.21. The average Bonchev–Trinajstić information content (AvgIpc) is 2.96. The summed E-state index contributed by atoms with van der Waals surface area (Å²) in [6.07, 6.45) is 1.59. The van der Waals surface area contributed by atoms with Gasteiger partial charge in [-0.2, -0.15) is 0 Å².